The van der Waals surface area contributed by atoms with Gasteiger partial charge in [-0.25, -0.2) is 0 Å². The smallest absolute Gasteiger partial charge is 0.860 e. The number of nitrogens with one attached hydrogen (secondary N) is 1. The van der Waals surface area contributed by atoms with E-state index in [-0.39, 0.29) is 35.4 Å². The van der Waals surface area contributed by atoms with E-state index in [9.17, 15) is 5.11 Å². The molecule has 1 aromatic carbocycles. The zero-order valence-electron chi connectivity index (χ0n) is 9.82. The summed E-state index contributed by atoms with van der Waals surface area (Å²) in [6.45, 7) is 0.293. The van der Waals surface area contributed by atoms with E-state index in [0.29, 0.717) is 18.0 Å². The molecular formula is C11H14NNaO3. The minimum Gasteiger partial charge on any atom is -0.860 e. The summed E-state index contributed by atoms with van der Waals surface area (Å²) in [5.74, 6) is 0.429. The predicted octanol–water partition coefficient (Wildman–Crippen LogP) is -2.04. The van der Waals surface area contributed by atoms with Gasteiger partial charge in [-0.05, 0) is 18.0 Å². The van der Waals surface area contributed by atoms with Gasteiger partial charge in [-0.15, -0.1) is 0 Å². The first kappa shape index (κ1) is 15.3. The van der Waals surface area contributed by atoms with Crippen LogP contribution in [0.4, 0.5) is 5.69 Å². The number of rotatable bonds is 5. The van der Waals surface area contributed by atoms with Crippen molar-refractivity contribution in [1.29, 1.82) is 0 Å². The molecule has 0 aliphatic heterocycles. The van der Waals surface area contributed by atoms with E-state index in [1.54, 1.807) is 19.2 Å². The topological polar surface area (TPSA) is 53.5 Å². The van der Waals surface area contributed by atoms with Crippen LogP contribution in [0.15, 0.2) is 36.2 Å². The third kappa shape index (κ3) is 4.90. The van der Waals surface area contributed by atoms with Crippen molar-refractivity contribution in [1.82, 2.24) is 0 Å². The van der Waals surface area contributed by atoms with Crippen molar-refractivity contribution >= 4 is 5.69 Å². The number of hydrogen-bond donors (Lipinski definition) is 1. The summed E-state index contributed by atoms with van der Waals surface area (Å²) < 4.78 is 9.85. The number of para-hydroxylation sites is 2. The molecule has 0 bridgehead atoms. The summed E-state index contributed by atoms with van der Waals surface area (Å²) >= 11 is 0. The summed E-state index contributed by atoms with van der Waals surface area (Å²) in [6, 6.07) is 7.23. The summed E-state index contributed by atoms with van der Waals surface area (Å²) in [4.78, 5) is 0. The fraction of sp³-hybridized carbons (Fsp3) is 0.273. The summed E-state index contributed by atoms with van der Waals surface area (Å²) in [7, 11) is 3.09. The number of anilines is 1. The van der Waals surface area contributed by atoms with Gasteiger partial charge in [0, 0.05) is 7.11 Å². The molecule has 0 spiro atoms. The van der Waals surface area contributed by atoms with Crippen LogP contribution in [0.25, 0.3) is 0 Å². The molecule has 1 aromatic rings. The first-order valence-corrected chi connectivity index (χ1v) is 4.54. The molecule has 0 aromatic heterocycles. The Kier molecular flexibility index (Phi) is 8.11. The van der Waals surface area contributed by atoms with Crippen LogP contribution in [0.5, 0.6) is 5.75 Å². The van der Waals surface area contributed by atoms with E-state index in [1.807, 2.05) is 12.1 Å². The van der Waals surface area contributed by atoms with Gasteiger partial charge in [0.2, 0.25) is 0 Å². The van der Waals surface area contributed by atoms with E-state index in [0.717, 1.165) is 0 Å². The first-order chi connectivity index (χ1) is 7.27. The second-order valence-corrected chi connectivity index (χ2v) is 2.85. The van der Waals surface area contributed by atoms with Crippen LogP contribution in [0, 0.1) is 0 Å². The minimum atomic E-state index is -0.207. The Balaban J connectivity index is 0.00000225. The number of ether oxygens (including phenoxy) is 2. The van der Waals surface area contributed by atoms with Crippen LogP contribution in [0.1, 0.15) is 0 Å². The molecular weight excluding hydrogens is 217 g/mol. The van der Waals surface area contributed by atoms with Crippen LogP contribution in [0.3, 0.4) is 0 Å². The fourth-order valence-electron chi connectivity index (χ4n) is 1.09. The van der Waals surface area contributed by atoms with Gasteiger partial charge in [-0.2, -0.15) is 0 Å². The number of benzene rings is 1. The molecule has 82 valence electrons. The van der Waals surface area contributed by atoms with E-state index in [2.05, 4.69) is 5.32 Å². The fourth-order valence-corrected chi connectivity index (χ4v) is 1.09. The van der Waals surface area contributed by atoms with Gasteiger partial charge in [0.05, 0.1) is 19.4 Å². The van der Waals surface area contributed by atoms with Crippen LogP contribution < -0.4 is 44.7 Å². The van der Waals surface area contributed by atoms with Gasteiger partial charge >= 0.3 is 29.6 Å². The van der Waals surface area contributed by atoms with Crippen molar-refractivity contribution in [3.05, 3.63) is 36.2 Å². The molecule has 0 fully saturated rings. The maximum Gasteiger partial charge on any atom is 1.00 e. The molecule has 4 nitrogen and oxygen atoms in total. The van der Waals surface area contributed by atoms with E-state index < -0.39 is 0 Å². The van der Waals surface area contributed by atoms with Crippen LogP contribution in [-0.4, -0.2) is 20.8 Å². The number of methoxy groups -OCH3 is 2. The Hall–Kier alpha value is -0.680. The van der Waals surface area contributed by atoms with Crippen molar-refractivity contribution in [3.8, 4) is 5.75 Å². The zero-order valence-corrected chi connectivity index (χ0v) is 11.8. The summed E-state index contributed by atoms with van der Waals surface area (Å²) in [5.41, 5.74) is 0.650. The quantitative estimate of drug-likeness (QED) is 0.468. The minimum absolute atomic E-state index is 0. The standard InChI is InChI=1S/C11H15NO3.Na/c1-14-8-7-11(13)12-9-5-3-4-6-10(9)15-2;/h3-7,12-13H,8H2,1-2H3;/q;+1/p-1/b11-7-;. The monoisotopic (exact) mass is 231 g/mol. The third-order valence-corrected chi connectivity index (χ3v) is 1.80. The molecule has 5 heteroatoms. The Labute approximate surface area is 118 Å². The third-order valence-electron chi connectivity index (χ3n) is 1.80. The van der Waals surface area contributed by atoms with E-state index in [4.69, 9.17) is 9.47 Å². The van der Waals surface area contributed by atoms with E-state index in [1.165, 1.54) is 13.2 Å². The number of hydrogen-bond acceptors (Lipinski definition) is 4. The average Bonchev–Trinajstić information content (AvgIpc) is 2.27. The molecule has 0 radical (unpaired) electrons. The molecule has 1 N–H and O–H groups in total. The van der Waals surface area contributed by atoms with Crippen LogP contribution in [0.2, 0.25) is 0 Å². The Morgan fingerprint density at radius 1 is 1.38 bits per heavy atom. The molecule has 0 aliphatic rings. The van der Waals surface area contributed by atoms with E-state index >= 15 is 0 Å². The van der Waals surface area contributed by atoms with Crippen LogP contribution in [-0.2, 0) is 4.74 Å². The molecule has 0 amide bonds. The van der Waals surface area contributed by atoms with Crippen molar-refractivity contribution in [3.63, 3.8) is 0 Å². The van der Waals surface area contributed by atoms with Crippen molar-refractivity contribution < 1.29 is 44.1 Å². The first-order valence-electron chi connectivity index (χ1n) is 4.54. The van der Waals surface area contributed by atoms with Crippen LogP contribution >= 0.6 is 0 Å². The largest absolute Gasteiger partial charge is 1.00 e. The summed E-state index contributed by atoms with van der Waals surface area (Å²) in [6.07, 6.45) is 1.42. The van der Waals surface area contributed by atoms with Gasteiger partial charge in [-0.3, -0.25) is 0 Å². The van der Waals surface area contributed by atoms with Gasteiger partial charge in [0.1, 0.15) is 5.75 Å². The normalized spacial score (nSPS) is 10.5. The molecule has 1 rings (SSSR count). The van der Waals surface area contributed by atoms with Crippen molar-refractivity contribution in [2.75, 3.05) is 26.1 Å². The maximum absolute atomic E-state index is 11.3. The SMILES string of the molecule is COC/C=C(\[O-])Nc1ccccc1OC.[Na+]. The Bertz CT molecular complexity index is 342. The van der Waals surface area contributed by atoms with Gasteiger partial charge in [-0.1, -0.05) is 18.2 Å². The molecule has 0 unspecified atom stereocenters. The Morgan fingerprint density at radius 3 is 2.69 bits per heavy atom. The molecule has 0 saturated carbocycles. The zero-order chi connectivity index (χ0) is 11.1. The molecule has 0 aliphatic carbocycles. The molecule has 0 atom stereocenters. The van der Waals surface area contributed by atoms with Crippen molar-refractivity contribution in [2.45, 2.75) is 0 Å². The van der Waals surface area contributed by atoms with Crippen molar-refractivity contribution in [2.24, 2.45) is 0 Å². The second kappa shape index (κ2) is 8.47. The molecule has 0 heterocycles. The second-order valence-electron chi connectivity index (χ2n) is 2.85. The predicted molar refractivity (Wildman–Crippen MR) is 56.6 cm³/mol. The van der Waals surface area contributed by atoms with Gasteiger partial charge in [0.15, 0.2) is 0 Å². The summed E-state index contributed by atoms with van der Waals surface area (Å²) in [5, 5.41) is 14.0. The van der Waals surface area contributed by atoms with Gasteiger partial charge in [0.25, 0.3) is 0 Å². The molecule has 16 heavy (non-hydrogen) atoms. The molecule has 0 saturated heterocycles. The average molecular weight is 231 g/mol. The maximum atomic E-state index is 11.3. The van der Waals surface area contributed by atoms with Gasteiger partial charge < -0.3 is 19.9 Å². The Morgan fingerprint density at radius 2 is 2.06 bits per heavy atom.